The van der Waals surface area contributed by atoms with Gasteiger partial charge in [-0.05, 0) is 0 Å². The zero-order valence-corrected chi connectivity index (χ0v) is 8.49. The second kappa shape index (κ2) is 3.25. The Morgan fingerprint density at radius 3 is 2.73 bits per heavy atom. The summed E-state index contributed by atoms with van der Waals surface area (Å²) in [4.78, 5) is 27.0. The average molecular weight is 222 g/mol. The second-order valence-electron chi connectivity index (χ2n) is 2.78. The predicted molar refractivity (Wildman–Crippen MR) is 57.3 cm³/mol. The van der Waals surface area contributed by atoms with E-state index in [1.807, 2.05) is 6.07 Å². The van der Waals surface area contributed by atoms with Crippen molar-refractivity contribution in [2.45, 2.75) is 0 Å². The van der Waals surface area contributed by atoms with Crippen LogP contribution in [-0.2, 0) is 0 Å². The third kappa shape index (κ3) is 1.31. The molecule has 0 bridgehead atoms. The second-order valence-corrected chi connectivity index (χ2v) is 3.80. The lowest BCUT2D eigenvalue weighted by Gasteiger charge is -1.91. The average Bonchev–Trinajstić information content (AvgIpc) is 2.55. The molecule has 0 atom stereocenters. The van der Waals surface area contributed by atoms with Crippen molar-refractivity contribution in [3.63, 3.8) is 0 Å². The van der Waals surface area contributed by atoms with Gasteiger partial charge in [0.25, 0.3) is 5.56 Å². The van der Waals surface area contributed by atoms with E-state index in [2.05, 4.69) is 15.3 Å². The molecule has 2 aromatic rings. The number of hydrogen-bond donors (Lipinski definition) is 3. The van der Waals surface area contributed by atoms with Crippen LogP contribution in [-0.4, -0.2) is 17.0 Å². The molecule has 0 saturated carbocycles. The van der Waals surface area contributed by atoms with E-state index < -0.39 is 11.2 Å². The van der Waals surface area contributed by atoms with E-state index in [-0.39, 0.29) is 0 Å². The Labute approximate surface area is 87.2 Å². The van der Waals surface area contributed by atoms with Gasteiger partial charge in [0, 0.05) is 7.05 Å². The number of aromatic nitrogens is 2. The molecule has 0 aromatic carbocycles. The Hall–Kier alpha value is -2.07. The quantitative estimate of drug-likeness (QED) is 0.641. The summed E-state index contributed by atoms with van der Waals surface area (Å²) in [6.45, 7) is 0. The summed E-state index contributed by atoms with van der Waals surface area (Å²) in [6.07, 6.45) is 0. The number of nitrogens with one attached hydrogen (secondary N) is 3. The van der Waals surface area contributed by atoms with Gasteiger partial charge >= 0.3 is 5.69 Å². The Bertz CT molecular complexity index is 672. The van der Waals surface area contributed by atoms with Crippen LogP contribution >= 0.6 is 11.3 Å². The van der Waals surface area contributed by atoms with E-state index >= 15 is 0 Å². The number of hydrogen-bond acceptors (Lipinski definition) is 5. The Morgan fingerprint density at radius 1 is 1.40 bits per heavy atom. The van der Waals surface area contributed by atoms with Crippen LogP contribution in [0.5, 0.6) is 0 Å². The van der Waals surface area contributed by atoms with Crippen molar-refractivity contribution in [3.8, 4) is 6.07 Å². The number of H-pyrrole nitrogens is 2. The Balaban J connectivity index is 3.04. The number of anilines is 1. The molecule has 76 valence electrons. The van der Waals surface area contributed by atoms with Crippen LogP contribution in [0.4, 0.5) is 5.00 Å². The van der Waals surface area contributed by atoms with Gasteiger partial charge in [0.05, 0.1) is 5.52 Å². The summed E-state index contributed by atoms with van der Waals surface area (Å²) >= 11 is 1.14. The molecule has 0 spiro atoms. The molecule has 2 rings (SSSR count). The van der Waals surface area contributed by atoms with Gasteiger partial charge in [-0.2, -0.15) is 5.26 Å². The summed E-state index contributed by atoms with van der Waals surface area (Å²) < 4.78 is 0.343. The van der Waals surface area contributed by atoms with Crippen molar-refractivity contribution in [2.75, 3.05) is 12.4 Å². The highest BCUT2D eigenvalue weighted by atomic mass is 32.1. The van der Waals surface area contributed by atoms with Crippen molar-refractivity contribution in [2.24, 2.45) is 0 Å². The molecule has 0 aliphatic rings. The normalized spacial score (nSPS) is 10.1. The van der Waals surface area contributed by atoms with Crippen molar-refractivity contribution >= 4 is 26.6 Å². The van der Waals surface area contributed by atoms with E-state index in [1.165, 1.54) is 0 Å². The lowest BCUT2D eigenvalue weighted by Crippen LogP contribution is -2.20. The minimum atomic E-state index is -0.607. The van der Waals surface area contributed by atoms with E-state index in [0.29, 0.717) is 20.8 Å². The Kier molecular flexibility index (Phi) is 2.06. The summed E-state index contributed by atoms with van der Waals surface area (Å²) in [5, 5.41) is 12.3. The summed E-state index contributed by atoms with van der Waals surface area (Å²) in [7, 11) is 1.65. The van der Waals surface area contributed by atoms with Gasteiger partial charge in [0.2, 0.25) is 0 Å². The number of nitriles is 1. The van der Waals surface area contributed by atoms with Crippen molar-refractivity contribution in [1.82, 2.24) is 9.97 Å². The van der Waals surface area contributed by atoms with E-state index in [1.54, 1.807) is 7.05 Å². The van der Waals surface area contributed by atoms with Gasteiger partial charge in [0.1, 0.15) is 21.3 Å². The molecule has 0 saturated heterocycles. The van der Waals surface area contributed by atoms with Gasteiger partial charge in [-0.3, -0.25) is 9.78 Å². The van der Waals surface area contributed by atoms with Crippen molar-refractivity contribution in [3.05, 3.63) is 26.4 Å². The van der Waals surface area contributed by atoms with Gasteiger partial charge in [-0.15, -0.1) is 11.3 Å². The van der Waals surface area contributed by atoms with Crippen molar-refractivity contribution in [1.29, 1.82) is 5.26 Å². The van der Waals surface area contributed by atoms with Gasteiger partial charge in [0.15, 0.2) is 0 Å². The van der Waals surface area contributed by atoms with Crippen LogP contribution in [0.2, 0.25) is 0 Å². The van der Waals surface area contributed by atoms with Crippen molar-refractivity contribution < 1.29 is 0 Å². The Morgan fingerprint density at radius 2 is 2.13 bits per heavy atom. The molecular weight excluding hydrogens is 216 g/mol. The topological polar surface area (TPSA) is 102 Å². The maximum absolute atomic E-state index is 11.4. The first kappa shape index (κ1) is 9.48. The fourth-order valence-electron chi connectivity index (χ4n) is 1.30. The standard InChI is InChI=1S/C8H6N4O2S/c1-10-7-3(2-9)4-5(15-7)6(13)12-8(14)11-4/h10H,1H3,(H2,11,12,13,14). The molecule has 0 fully saturated rings. The molecule has 0 radical (unpaired) electrons. The minimum Gasteiger partial charge on any atom is -0.379 e. The molecule has 0 aliphatic heterocycles. The highest BCUT2D eigenvalue weighted by molar-refractivity contribution is 7.23. The molecule has 7 heteroatoms. The number of thiophene rings is 1. The van der Waals surface area contributed by atoms with Crippen LogP contribution < -0.4 is 16.6 Å². The first-order valence-electron chi connectivity index (χ1n) is 4.04. The third-order valence-electron chi connectivity index (χ3n) is 1.92. The molecule has 0 aliphatic carbocycles. The molecule has 0 unspecified atom stereocenters. The number of rotatable bonds is 1. The summed E-state index contributed by atoms with van der Waals surface area (Å²) in [5.74, 6) is 0. The fourth-order valence-corrected chi connectivity index (χ4v) is 2.25. The zero-order chi connectivity index (χ0) is 11.0. The smallest absolute Gasteiger partial charge is 0.326 e. The third-order valence-corrected chi connectivity index (χ3v) is 3.12. The largest absolute Gasteiger partial charge is 0.379 e. The van der Waals surface area contributed by atoms with Crippen LogP contribution in [0.1, 0.15) is 5.56 Å². The molecule has 15 heavy (non-hydrogen) atoms. The van der Waals surface area contributed by atoms with Crippen LogP contribution in [0.25, 0.3) is 10.2 Å². The minimum absolute atomic E-state index is 0.292. The molecule has 6 nitrogen and oxygen atoms in total. The van der Waals surface area contributed by atoms with Gasteiger partial charge < -0.3 is 10.3 Å². The van der Waals surface area contributed by atoms with Crippen LogP contribution in [0.3, 0.4) is 0 Å². The maximum atomic E-state index is 11.4. The zero-order valence-electron chi connectivity index (χ0n) is 7.67. The van der Waals surface area contributed by atoms with E-state index in [9.17, 15) is 9.59 Å². The highest BCUT2D eigenvalue weighted by Gasteiger charge is 2.14. The van der Waals surface area contributed by atoms with Crippen LogP contribution in [0.15, 0.2) is 9.59 Å². The lowest BCUT2D eigenvalue weighted by atomic mass is 10.3. The predicted octanol–water partition coefficient (Wildman–Crippen LogP) is 0.191. The first-order valence-corrected chi connectivity index (χ1v) is 4.86. The molecule has 0 amide bonds. The lowest BCUT2D eigenvalue weighted by molar-refractivity contribution is 1.09. The van der Waals surface area contributed by atoms with E-state index in [0.717, 1.165) is 11.3 Å². The molecule has 3 N–H and O–H groups in total. The van der Waals surface area contributed by atoms with Gasteiger partial charge in [-0.25, -0.2) is 4.79 Å². The highest BCUT2D eigenvalue weighted by Crippen LogP contribution is 2.30. The fraction of sp³-hybridized carbons (Fsp3) is 0.125. The number of fused-ring (bicyclic) bond motifs is 1. The number of nitrogens with zero attached hydrogens (tertiary/aromatic N) is 1. The summed E-state index contributed by atoms with van der Waals surface area (Å²) in [6, 6.07) is 1.95. The summed E-state index contributed by atoms with van der Waals surface area (Å²) in [5.41, 5.74) is -0.498. The molecule has 2 aromatic heterocycles. The monoisotopic (exact) mass is 222 g/mol. The van der Waals surface area contributed by atoms with Gasteiger partial charge in [-0.1, -0.05) is 0 Å². The van der Waals surface area contributed by atoms with Crippen LogP contribution in [0, 0.1) is 11.3 Å². The molecule has 2 heterocycles. The SMILES string of the molecule is CNc1sc2c(=O)[nH]c(=O)[nH]c2c1C#N. The molecular formula is C8H6N4O2S. The van der Waals surface area contributed by atoms with E-state index in [4.69, 9.17) is 5.26 Å². The first-order chi connectivity index (χ1) is 7.17. The number of aromatic amines is 2. The maximum Gasteiger partial charge on any atom is 0.326 e.